The van der Waals surface area contributed by atoms with Crippen molar-refractivity contribution in [2.24, 2.45) is 0 Å². The van der Waals surface area contributed by atoms with Gasteiger partial charge < -0.3 is 20.1 Å². The van der Waals surface area contributed by atoms with Crippen LogP contribution in [-0.4, -0.2) is 52.8 Å². The number of piperidine rings is 1. The first-order valence-corrected chi connectivity index (χ1v) is 7.34. The molecule has 0 saturated carbocycles. The summed E-state index contributed by atoms with van der Waals surface area (Å²) in [6, 6.07) is 0.152. The van der Waals surface area contributed by atoms with Crippen LogP contribution in [0.4, 0.5) is 9.80 Å². The van der Waals surface area contributed by atoms with Gasteiger partial charge in [0, 0.05) is 19.1 Å². The summed E-state index contributed by atoms with van der Waals surface area (Å²) in [7, 11) is 0. The molecule has 1 amide bonds. The molecular weight excluding hydrogens is 282 g/mol. The molecule has 8 heteroatoms. The number of aromatic nitrogens is 1. The first kappa shape index (κ1) is 14.6. The lowest BCUT2D eigenvalue weighted by molar-refractivity contribution is 0.0692. The fourth-order valence-corrected chi connectivity index (χ4v) is 2.86. The molecule has 2 rings (SSSR count). The minimum atomic E-state index is -1.03. The number of rotatable bonds is 4. The van der Waals surface area contributed by atoms with E-state index in [1.165, 1.54) is 16.8 Å². The molecule has 0 bridgehead atoms. The smallest absolute Gasteiger partial charge is 0.409 e. The predicted octanol–water partition coefficient (Wildman–Crippen LogP) is 1.87. The molecule has 2 heterocycles. The van der Waals surface area contributed by atoms with Crippen LogP contribution in [0, 0.1) is 0 Å². The molecule has 110 valence electrons. The lowest BCUT2D eigenvalue weighted by Gasteiger charge is -2.31. The highest BCUT2D eigenvalue weighted by molar-refractivity contribution is 7.14. The van der Waals surface area contributed by atoms with Crippen molar-refractivity contribution in [3.05, 3.63) is 11.2 Å². The third-order valence-electron chi connectivity index (χ3n) is 3.13. The third-order valence-corrected chi connectivity index (χ3v) is 3.88. The van der Waals surface area contributed by atoms with Gasteiger partial charge in [0.05, 0.1) is 12.1 Å². The predicted molar refractivity (Wildman–Crippen MR) is 74.3 cm³/mol. The minimum Gasteiger partial charge on any atom is -0.476 e. The van der Waals surface area contributed by atoms with E-state index < -0.39 is 5.97 Å². The molecule has 1 saturated heterocycles. The number of amides is 1. The molecule has 1 aromatic rings. The molecule has 1 aliphatic heterocycles. The molecule has 0 spiro atoms. The highest BCUT2D eigenvalue weighted by Gasteiger charge is 2.25. The number of thiazole rings is 1. The summed E-state index contributed by atoms with van der Waals surface area (Å²) in [4.78, 5) is 28.0. The first-order chi connectivity index (χ1) is 9.61. The second-order valence-corrected chi connectivity index (χ2v) is 5.29. The number of hydrogen-bond acceptors (Lipinski definition) is 6. The van der Waals surface area contributed by atoms with Crippen LogP contribution < -0.4 is 5.32 Å². The van der Waals surface area contributed by atoms with Gasteiger partial charge in [0.25, 0.3) is 0 Å². The van der Waals surface area contributed by atoms with Gasteiger partial charge in [0.2, 0.25) is 0 Å². The average Bonchev–Trinajstić information content (AvgIpc) is 2.88. The summed E-state index contributed by atoms with van der Waals surface area (Å²) in [5.41, 5.74) is 1.57. The van der Waals surface area contributed by atoms with Crippen molar-refractivity contribution in [2.45, 2.75) is 25.8 Å². The molecule has 0 aliphatic carbocycles. The van der Waals surface area contributed by atoms with E-state index in [1.54, 1.807) is 11.8 Å². The first-order valence-electron chi connectivity index (χ1n) is 6.46. The number of nitrogens with zero attached hydrogens (tertiary/aromatic N) is 2. The van der Waals surface area contributed by atoms with E-state index in [9.17, 15) is 9.59 Å². The van der Waals surface area contributed by atoms with E-state index in [0.29, 0.717) is 24.7 Å². The monoisotopic (exact) mass is 299 g/mol. The van der Waals surface area contributed by atoms with Gasteiger partial charge in [-0.1, -0.05) is 0 Å². The zero-order valence-corrected chi connectivity index (χ0v) is 12.0. The van der Waals surface area contributed by atoms with E-state index in [2.05, 4.69) is 10.3 Å². The molecule has 0 unspecified atom stereocenters. The van der Waals surface area contributed by atoms with Gasteiger partial charge in [-0.05, 0) is 19.8 Å². The molecule has 0 aromatic carbocycles. The maximum absolute atomic E-state index is 11.6. The maximum Gasteiger partial charge on any atom is 0.409 e. The molecule has 1 aromatic heterocycles. The Morgan fingerprint density at radius 1 is 1.55 bits per heavy atom. The average molecular weight is 299 g/mol. The van der Waals surface area contributed by atoms with E-state index in [1.807, 2.05) is 0 Å². The van der Waals surface area contributed by atoms with Crippen LogP contribution >= 0.6 is 11.3 Å². The van der Waals surface area contributed by atoms with E-state index in [0.717, 1.165) is 12.8 Å². The Balaban J connectivity index is 1.87. The van der Waals surface area contributed by atoms with Gasteiger partial charge in [-0.25, -0.2) is 14.6 Å². The van der Waals surface area contributed by atoms with Crippen molar-refractivity contribution in [2.75, 3.05) is 25.0 Å². The Hall–Kier alpha value is -1.83. The van der Waals surface area contributed by atoms with E-state index in [-0.39, 0.29) is 17.8 Å². The number of nitrogens with one attached hydrogen (secondary N) is 1. The molecule has 1 aliphatic rings. The summed E-state index contributed by atoms with van der Waals surface area (Å²) in [5.74, 6) is -1.03. The van der Waals surface area contributed by atoms with Gasteiger partial charge in [-0.3, -0.25) is 0 Å². The zero-order chi connectivity index (χ0) is 14.5. The molecule has 0 radical (unpaired) electrons. The normalized spacial score (nSPS) is 15.9. The Morgan fingerprint density at radius 2 is 2.25 bits per heavy atom. The highest BCUT2D eigenvalue weighted by atomic mass is 32.1. The van der Waals surface area contributed by atoms with Gasteiger partial charge >= 0.3 is 12.1 Å². The number of carboxylic acids is 1. The van der Waals surface area contributed by atoms with E-state index >= 15 is 0 Å². The Labute approximate surface area is 120 Å². The number of hydrogen-bond donors (Lipinski definition) is 2. The van der Waals surface area contributed by atoms with Crippen LogP contribution in [0.2, 0.25) is 0 Å². The van der Waals surface area contributed by atoms with Crippen molar-refractivity contribution < 1.29 is 19.4 Å². The summed E-state index contributed by atoms with van der Waals surface area (Å²) < 4.78 is 4.95. The zero-order valence-electron chi connectivity index (χ0n) is 11.2. The number of ether oxygens (including phenoxy) is 1. The highest BCUT2D eigenvalue weighted by Crippen LogP contribution is 2.24. The van der Waals surface area contributed by atoms with Crippen molar-refractivity contribution in [3.8, 4) is 0 Å². The fraction of sp³-hybridized carbons (Fsp3) is 0.583. The van der Waals surface area contributed by atoms with Crippen LogP contribution in [0.25, 0.3) is 0 Å². The van der Waals surface area contributed by atoms with Crippen LogP contribution in [0.3, 0.4) is 0 Å². The van der Waals surface area contributed by atoms with Crippen molar-refractivity contribution in [1.82, 2.24) is 9.88 Å². The number of carboxylic acid groups (broad SMARTS) is 1. The number of likely N-dealkylation sites (tertiary alicyclic amines) is 1. The van der Waals surface area contributed by atoms with Crippen molar-refractivity contribution in [3.63, 3.8) is 0 Å². The van der Waals surface area contributed by atoms with Crippen LogP contribution in [0.1, 0.15) is 30.3 Å². The quantitative estimate of drug-likeness (QED) is 0.882. The second kappa shape index (κ2) is 6.56. The molecule has 2 N–H and O–H groups in total. The van der Waals surface area contributed by atoms with Crippen molar-refractivity contribution in [1.29, 1.82) is 0 Å². The van der Waals surface area contributed by atoms with Crippen LogP contribution in [0.5, 0.6) is 0 Å². The van der Waals surface area contributed by atoms with Gasteiger partial charge in [0.15, 0.2) is 5.69 Å². The topological polar surface area (TPSA) is 91.8 Å². The van der Waals surface area contributed by atoms with Crippen LogP contribution in [-0.2, 0) is 4.74 Å². The van der Waals surface area contributed by atoms with Gasteiger partial charge in [0.1, 0.15) is 5.00 Å². The van der Waals surface area contributed by atoms with Crippen LogP contribution in [0.15, 0.2) is 5.51 Å². The molecule has 7 nitrogen and oxygen atoms in total. The largest absolute Gasteiger partial charge is 0.476 e. The Morgan fingerprint density at radius 3 is 2.85 bits per heavy atom. The van der Waals surface area contributed by atoms with Crippen molar-refractivity contribution >= 4 is 28.4 Å². The lowest BCUT2D eigenvalue weighted by Crippen LogP contribution is -2.42. The number of carbonyl (C=O) groups excluding carboxylic acids is 1. The molecule has 20 heavy (non-hydrogen) atoms. The lowest BCUT2D eigenvalue weighted by atomic mass is 10.1. The third kappa shape index (κ3) is 3.38. The molecule has 1 fully saturated rings. The Bertz CT molecular complexity index is 483. The SMILES string of the molecule is CCOC(=O)N1CCC(Nc2scnc2C(=O)O)CC1. The Kier molecular flexibility index (Phi) is 4.78. The molecular formula is C12H17N3O4S. The fourth-order valence-electron chi connectivity index (χ4n) is 2.11. The standard InChI is InChI=1S/C12H17N3O4S/c1-2-19-12(18)15-5-3-8(4-6-15)14-10-9(11(16)17)13-7-20-10/h7-8,14H,2-6H2,1H3,(H,16,17). The minimum absolute atomic E-state index is 0.0582. The summed E-state index contributed by atoms with van der Waals surface area (Å²) in [5, 5.41) is 12.8. The maximum atomic E-state index is 11.6. The number of anilines is 1. The van der Waals surface area contributed by atoms with Gasteiger partial charge in [-0.2, -0.15) is 0 Å². The number of carbonyl (C=O) groups is 2. The summed E-state index contributed by atoms with van der Waals surface area (Å²) in [6.45, 7) is 3.37. The summed E-state index contributed by atoms with van der Waals surface area (Å²) >= 11 is 1.28. The second-order valence-electron chi connectivity index (χ2n) is 4.44. The molecule has 0 atom stereocenters. The number of aromatic carboxylic acids is 1. The van der Waals surface area contributed by atoms with E-state index in [4.69, 9.17) is 9.84 Å². The summed E-state index contributed by atoms with van der Waals surface area (Å²) in [6.07, 6.45) is 1.24. The van der Waals surface area contributed by atoms with Gasteiger partial charge in [-0.15, -0.1) is 11.3 Å².